The van der Waals surface area contributed by atoms with Crippen molar-refractivity contribution in [2.24, 2.45) is 0 Å². The first-order chi connectivity index (χ1) is 14.9. The smallest absolute Gasteiger partial charge is 0.283 e. The topological polar surface area (TPSA) is 112 Å². The number of hydrogen-bond donors (Lipinski definition) is 1. The molecule has 10 heteroatoms. The van der Waals surface area contributed by atoms with Crippen LogP contribution in [0.2, 0.25) is 0 Å². The lowest BCUT2D eigenvalue weighted by atomic mass is 10.1. The van der Waals surface area contributed by atoms with E-state index in [4.69, 9.17) is 9.47 Å². The maximum absolute atomic E-state index is 13.0. The van der Waals surface area contributed by atoms with Gasteiger partial charge in [0.1, 0.15) is 17.2 Å². The van der Waals surface area contributed by atoms with Crippen LogP contribution >= 0.6 is 0 Å². The minimum absolute atomic E-state index is 0.0311. The van der Waals surface area contributed by atoms with Gasteiger partial charge in [0.25, 0.3) is 15.9 Å². The number of carbonyl (C=O) groups excluding carboxylic acids is 1. The first-order valence-electron chi connectivity index (χ1n) is 9.68. The zero-order valence-corrected chi connectivity index (χ0v) is 17.9. The molecular weight excluding hydrogens is 420 g/mol. The molecule has 162 valence electrons. The van der Waals surface area contributed by atoms with Crippen molar-refractivity contribution in [3.8, 4) is 11.5 Å². The second-order valence-corrected chi connectivity index (χ2v) is 8.76. The Hall–Kier alpha value is -3.40. The summed E-state index contributed by atoms with van der Waals surface area (Å²) >= 11 is 0. The molecule has 0 atom stereocenters. The summed E-state index contributed by atoms with van der Waals surface area (Å²) < 4.78 is 40.1. The van der Waals surface area contributed by atoms with Crippen LogP contribution in [0.4, 0.5) is 0 Å². The molecule has 1 N–H and O–H groups in total. The molecule has 1 aliphatic rings. The second kappa shape index (κ2) is 8.38. The molecule has 9 nitrogen and oxygen atoms in total. The molecule has 1 amide bonds. The van der Waals surface area contributed by atoms with E-state index in [-0.39, 0.29) is 28.0 Å². The molecular formula is C21H22N4O5S. The highest BCUT2D eigenvalue weighted by atomic mass is 32.2. The number of sulfonamides is 1. The molecule has 0 aliphatic heterocycles. The maximum atomic E-state index is 13.0. The lowest BCUT2D eigenvalue weighted by Crippen LogP contribution is -2.32. The van der Waals surface area contributed by atoms with Crippen molar-refractivity contribution in [2.45, 2.75) is 30.2 Å². The van der Waals surface area contributed by atoms with E-state index >= 15 is 0 Å². The number of nitrogens with one attached hydrogen (secondary N) is 1. The van der Waals surface area contributed by atoms with Gasteiger partial charge < -0.3 is 9.47 Å². The van der Waals surface area contributed by atoms with Crippen LogP contribution in [-0.2, 0) is 16.6 Å². The zero-order chi connectivity index (χ0) is 22.0. The molecule has 0 bridgehead atoms. The van der Waals surface area contributed by atoms with E-state index in [0.29, 0.717) is 6.54 Å². The van der Waals surface area contributed by atoms with E-state index in [1.54, 1.807) is 23.0 Å². The van der Waals surface area contributed by atoms with Gasteiger partial charge in [-0.2, -0.15) is 5.10 Å². The molecule has 0 radical (unpaired) electrons. The Morgan fingerprint density at radius 3 is 2.42 bits per heavy atom. The summed E-state index contributed by atoms with van der Waals surface area (Å²) in [7, 11) is -1.58. The molecule has 4 rings (SSSR count). The molecule has 31 heavy (non-hydrogen) atoms. The summed E-state index contributed by atoms with van der Waals surface area (Å²) in [5.74, 6) is -0.411. The Bertz CT molecular complexity index is 1180. The van der Waals surface area contributed by atoms with Gasteiger partial charge in [0.15, 0.2) is 4.90 Å². The van der Waals surface area contributed by atoms with Crippen LogP contribution < -0.4 is 14.2 Å². The number of hydrogen-bond acceptors (Lipinski definition) is 7. The highest BCUT2D eigenvalue weighted by Gasteiger charge is 2.31. The van der Waals surface area contributed by atoms with Crippen LogP contribution in [0.3, 0.4) is 0 Å². The van der Waals surface area contributed by atoms with E-state index in [2.05, 4.69) is 14.8 Å². The largest absolute Gasteiger partial charge is 0.495 e. The van der Waals surface area contributed by atoms with Crippen LogP contribution in [-0.4, -0.2) is 43.3 Å². The fourth-order valence-corrected chi connectivity index (χ4v) is 4.63. The number of amides is 1. The number of nitrogens with zero attached hydrogens (tertiary/aromatic N) is 3. The summed E-state index contributed by atoms with van der Waals surface area (Å²) in [6.45, 7) is 0.532. The third-order valence-corrected chi connectivity index (χ3v) is 6.37. The van der Waals surface area contributed by atoms with Crippen LogP contribution in [0, 0.1) is 0 Å². The molecule has 1 fully saturated rings. The Balaban J connectivity index is 1.62. The van der Waals surface area contributed by atoms with Gasteiger partial charge in [0, 0.05) is 24.0 Å². The molecule has 1 aliphatic carbocycles. The molecule has 0 saturated heterocycles. The van der Waals surface area contributed by atoms with E-state index in [1.165, 1.54) is 32.4 Å². The van der Waals surface area contributed by atoms with Crippen molar-refractivity contribution in [1.82, 2.24) is 19.5 Å². The Kier molecular flexibility index (Phi) is 5.64. The molecule has 0 spiro atoms. The van der Waals surface area contributed by atoms with Gasteiger partial charge in [-0.05, 0) is 42.7 Å². The first kappa shape index (κ1) is 20.9. The van der Waals surface area contributed by atoms with Crippen molar-refractivity contribution in [1.29, 1.82) is 0 Å². The third-order valence-electron chi connectivity index (χ3n) is 4.98. The predicted octanol–water partition coefficient (Wildman–Crippen LogP) is 2.34. The molecule has 2 aromatic heterocycles. The van der Waals surface area contributed by atoms with E-state index in [0.717, 1.165) is 24.1 Å². The first-order valence-corrected chi connectivity index (χ1v) is 11.2. The van der Waals surface area contributed by atoms with Crippen molar-refractivity contribution >= 4 is 15.9 Å². The maximum Gasteiger partial charge on any atom is 0.283 e. The fourth-order valence-electron chi connectivity index (χ4n) is 3.35. The quantitative estimate of drug-likeness (QED) is 0.570. The molecule has 3 aromatic rings. The van der Waals surface area contributed by atoms with E-state index < -0.39 is 15.9 Å². The lowest BCUT2D eigenvalue weighted by Gasteiger charge is -2.14. The summed E-state index contributed by atoms with van der Waals surface area (Å²) in [6, 6.07) is 9.72. The number of methoxy groups -OCH3 is 2. The number of ether oxygens (including phenoxy) is 2. The van der Waals surface area contributed by atoms with Crippen molar-refractivity contribution in [2.75, 3.05) is 14.2 Å². The molecule has 1 saturated carbocycles. The average Bonchev–Trinajstić information content (AvgIpc) is 3.49. The van der Waals surface area contributed by atoms with Gasteiger partial charge in [-0.1, -0.05) is 12.1 Å². The minimum atomic E-state index is -4.27. The van der Waals surface area contributed by atoms with Gasteiger partial charge in [0.05, 0.1) is 20.8 Å². The number of aromatic nitrogens is 3. The summed E-state index contributed by atoms with van der Waals surface area (Å²) in [6.07, 6.45) is 5.52. The summed E-state index contributed by atoms with van der Waals surface area (Å²) in [5.41, 5.74) is 1.79. The number of pyridine rings is 1. The Morgan fingerprint density at radius 1 is 1.13 bits per heavy atom. The van der Waals surface area contributed by atoms with Gasteiger partial charge in [0.2, 0.25) is 0 Å². The van der Waals surface area contributed by atoms with E-state index in [1.807, 2.05) is 12.3 Å². The summed E-state index contributed by atoms with van der Waals surface area (Å²) in [5, 5.41) is 4.21. The highest BCUT2D eigenvalue weighted by molar-refractivity contribution is 7.90. The fraction of sp³-hybridized carbons (Fsp3) is 0.286. The third kappa shape index (κ3) is 4.38. The van der Waals surface area contributed by atoms with Crippen LogP contribution in [0.15, 0.2) is 53.7 Å². The average molecular weight is 442 g/mol. The minimum Gasteiger partial charge on any atom is -0.495 e. The van der Waals surface area contributed by atoms with Crippen LogP contribution in [0.25, 0.3) is 0 Å². The van der Waals surface area contributed by atoms with Crippen molar-refractivity contribution in [3.05, 3.63) is 65.7 Å². The van der Waals surface area contributed by atoms with E-state index in [9.17, 15) is 13.2 Å². The van der Waals surface area contributed by atoms with Gasteiger partial charge >= 0.3 is 0 Å². The number of benzene rings is 1. The molecule has 0 unspecified atom stereocenters. The zero-order valence-electron chi connectivity index (χ0n) is 17.1. The second-order valence-electron chi connectivity index (χ2n) is 7.15. The molecule has 2 heterocycles. The SMILES string of the molecule is COc1cccc(OC)c1S(=O)(=O)NC(=O)c1ccc(Cn2cccn2)c(C2CC2)n1. The number of carbonyl (C=O) groups is 1. The summed E-state index contributed by atoms with van der Waals surface area (Å²) in [4.78, 5) is 17.1. The van der Waals surface area contributed by atoms with Gasteiger partial charge in [-0.15, -0.1) is 0 Å². The number of rotatable bonds is 8. The monoisotopic (exact) mass is 442 g/mol. The Morgan fingerprint density at radius 2 is 1.84 bits per heavy atom. The standard InChI is InChI=1S/C21H22N4O5S/c1-29-17-5-3-6-18(30-2)20(17)31(27,28)24-21(26)16-10-9-15(13-25-12-4-11-22-25)19(23-16)14-7-8-14/h3-6,9-12,14H,7-8,13H2,1-2H3,(H,24,26). The van der Waals surface area contributed by atoms with Gasteiger partial charge in [-0.3, -0.25) is 9.48 Å². The Labute approximate surface area is 180 Å². The van der Waals surface area contributed by atoms with Crippen molar-refractivity contribution in [3.63, 3.8) is 0 Å². The van der Waals surface area contributed by atoms with Gasteiger partial charge in [-0.25, -0.2) is 18.1 Å². The highest BCUT2D eigenvalue weighted by Crippen LogP contribution is 2.41. The normalized spacial score (nSPS) is 13.6. The predicted molar refractivity (Wildman–Crippen MR) is 112 cm³/mol. The molecule has 1 aromatic carbocycles. The van der Waals surface area contributed by atoms with Crippen molar-refractivity contribution < 1.29 is 22.7 Å². The lowest BCUT2D eigenvalue weighted by molar-refractivity contribution is 0.0976. The van der Waals surface area contributed by atoms with Crippen LogP contribution in [0.1, 0.15) is 40.5 Å². The van der Waals surface area contributed by atoms with Crippen LogP contribution in [0.5, 0.6) is 11.5 Å².